The lowest BCUT2D eigenvalue weighted by atomic mass is 10.1. The van der Waals surface area contributed by atoms with Gasteiger partial charge in [-0.15, -0.1) is 11.3 Å². The van der Waals surface area contributed by atoms with Crippen molar-refractivity contribution in [1.82, 2.24) is 20.1 Å². The first kappa shape index (κ1) is 17.4. The number of hydrogen-bond acceptors (Lipinski definition) is 4. The lowest BCUT2D eigenvalue weighted by molar-refractivity contribution is 0.0941. The standard InChI is InChI=1S/C19H22N4OS/c1-13(2)9-15-10-17(23(3)22-15)18(24)20-11-16-12-25-19(21-16)14-7-5-4-6-8-14/h4-8,10,12-13H,9,11H2,1-3H3,(H,20,24). The van der Waals surface area contributed by atoms with Crippen molar-refractivity contribution in [2.45, 2.75) is 26.8 Å². The zero-order chi connectivity index (χ0) is 17.8. The second kappa shape index (κ2) is 7.61. The first-order valence-electron chi connectivity index (χ1n) is 8.34. The van der Waals surface area contributed by atoms with Crippen LogP contribution in [0.4, 0.5) is 0 Å². The van der Waals surface area contributed by atoms with Crippen molar-refractivity contribution in [3.63, 3.8) is 0 Å². The molecule has 2 heterocycles. The molecular weight excluding hydrogens is 332 g/mol. The van der Waals surface area contributed by atoms with Gasteiger partial charge in [-0.1, -0.05) is 44.2 Å². The summed E-state index contributed by atoms with van der Waals surface area (Å²) in [6.07, 6.45) is 0.869. The average molecular weight is 354 g/mol. The Morgan fingerprint density at radius 1 is 1.24 bits per heavy atom. The number of nitrogens with one attached hydrogen (secondary N) is 1. The van der Waals surface area contributed by atoms with E-state index in [9.17, 15) is 4.79 Å². The highest BCUT2D eigenvalue weighted by Gasteiger charge is 2.14. The second-order valence-corrected chi connectivity index (χ2v) is 7.29. The molecule has 0 atom stereocenters. The third kappa shape index (κ3) is 4.33. The van der Waals surface area contributed by atoms with Gasteiger partial charge in [-0.2, -0.15) is 5.10 Å². The number of carbonyl (C=O) groups is 1. The van der Waals surface area contributed by atoms with Crippen molar-refractivity contribution in [3.8, 4) is 10.6 Å². The van der Waals surface area contributed by atoms with Crippen molar-refractivity contribution < 1.29 is 4.79 Å². The van der Waals surface area contributed by atoms with Crippen LogP contribution in [-0.4, -0.2) is 20.7 Å². The number of amides is 1. The van der Waals surface area contributed by atoms with Crippen LogP contribution in [0.2, 0.25) is 0 Å². The lowest BCUT2D eigenvalue weighted by Gasteiger charge is -2.03. The number of thiazole rings is 1. The van der Waals surface area contributed by atoms with Crippen molar-refractivity contribution in [3.05, 3.63) is 58.9 Å². The summed E-state index contributed by atoms with van der Waals surface area (Å²) in [5, 5.41) is 10.3. The Balaban J connectivity index is 1.63. The smallest absolute Gasteiger partial charge is 0.269 e. The fourth-order valence-electron chi connectivity index (χ4n) is 2.62. The number of nitrogens with zero attached hydrogens (tertiary/aromatic N) is 3. The third-order valence-corrected chi connectivity index (χ3v) is 4.72. The number of benzene rings is 1. The number of carbonyl (C=O) groups excluding carboxylic acids is 1. The van der Waals surface area contributed by atoms with E-state index in [1.54, 1.807) is 23.1 Å². The molecule has 1 amide bonds. The molecule has 5 nitrogen and oxygen atoms in total. The minimum atomic E-state index is -0.126. The summed E-state index contributed by atoms with van der Waals surface area (Å²) in [7, 11) is 1.80. The van der Waals surface area contributed by atoms with Crippen molar-refractivity contribution in [2.24, 2.45) is 13.0 Å². The minimum Gasteiger partial charge on any atom is -0.345 e. The summed E-state index contributed by atoms with van der Waals surface area (Å²) in [6, 6.07) is 11.9. The SMILES string of the molecule is CC(C)Cc1cc(C(=O)NCc2csc(-c3ccccc3)n2)n(C)n1. The Morgan fingerprint density at radius 3 is 2.72 bits per heavy atom. The van der Waals surface area contributed by atoms with E-state index >= 15 is 0 Å². The van der Waals surface area contributed by atoms with E-state index in [1.807, 2.05) is 41.8 Å². The van der Waals surface area contributed by atoms with E-state index in [4.69, 9.17) is 0 Å². The zero-order valence-corrected chi connectivity index (χ0v) is 15.5. The average Bonchev–Trinajstić information content (AvgIpc) is 3.20. The van der Waals surface area contributed by atoms with E-state index in [0.29, 0.717) is 18.2 Å². The first-order valence-corrected chi connectivity index (χ1v) is 9.22. The fourth-order valence-corrected chi connectivity index (χ4v) is 3.45. The summed E-state index contributed by atoms with van der Waals surface area (Å²) in [6.45, 7) is 4.69. The van der Waals surface area contributed by atoms with Gasteiger partial charge in [0.15, 0.2) is 0 Å². The molecule has 0 aliphatic rings. The molecule has 0 bridgehead atoms. The summed E-state index contributed by atoms with van der Waals surface area (Å²) in [5.74, 6) is 0.386. The molecule has 2 aromatic heterocycles. The summed E-state index contributed by atoms with van der Waals surface area (Å²) >= 11 is 1.58. The van der Waals surface area contributed by atoms with Crippen molar-refractivity contribution in [1.29, 1.82) is 0 Å². The van der Waals surface area contributed by atoms with E-state index in [-0.39, 0.29) is 5.91 Å². The molecule has 25 heavy (non-hydrogen) atoms. The highest BCUT2D eigenvalue weighted by molar-refractivity contribution is 7.13. The molecular formula is C19H22N4OS. The minimum absolute atomic E-state index is 0.126. The number of aromatic nitrogens is 3. The Morgan fingerprint density at radius 2 is 2.00 bits per heavy atom. The van der Waals surface area contributed by atoms with Crippen LogP contribution < -0.4 is 5.32 Å². The molecule has 1 aromatic carbocycles. The molecule has 0 saturated heterocycles. The summed E-state index contributed by atoms with van der Waals surface area (Å²) < 4.78 is 1.64. The van der Waals surface area contributed by atoms with Gasteiger partial charge in [-0.3, -0.25) is 9.48 Å². The second-order valence-electron chi connectivity index (χ2n) is 6.44. The zero-order valence-electron chi connectivity index (χ0n) is 14.7. The van der Waals surface area contributed by atoms with Crippen LogP contribution in [0.15, 0.2) is 41.8 Å². The molecule has 130 valence electrons. The number of hydrogen-bond donors (Lipinski definition) is 1. The Hall–Kier alpha value is -2.47. The summed E-state index contributed by atoms with van der Waals surface area (Å²) in [4.78, 5) is 17.0. The highest BCUT2D eigenvalue weighted by atomic mass is 32.1. The maximum atomic E-state index is 12.4. The molecule has 6 heteroatoms. The molecule has 3 rings (SSSR count). The van der Waals surface area contributed by atoms with Crippen LogP contribution in [0.3, 0.4) is 0 Å². The highest BCUT2D eigenvalue weighted by Crippen LogP contribution is 2.23. The summed E-state index contributed by atoms with van der Waals surface area (Å²) in [5.41, 5.74) is 3.48. The van der Waals surface area contributed by atoms with E-state index < -0.39 is 0 Å². The quantitative estimate of drug-likeness (QED) is 0.735. The monoisotopic (exact) mass is 354 g/mol. The topological polar surface area (TPSA) is 59.8 Å². The van der Waals surface area contributed by atoms with Crippen LogP contribution in [0.25, 0.3) is 10.6 Å². The van der Waals surface area contributed by atoms with Gasteiger partial charge in [-0.25, -0.2) is 4.98 Å². The molecule has 0 saturated carbocycles. The van der Waals surface area contributed by atoms with Gasteiger partial charge in [0.05, 0.1) is 17.9 Å². The molecule has 1 N–H and O–H groups in total. The lowest BCUT2D eigenvalue weighted by Crippen LogP contribution is -2.25. The van der Waals surface area contributed by atoms with Gasteiger partial charge in [0.1, 0.15) is 10.7 Å². The molecule has 0 fully saturated rings. The van der Waals surface area contributed by atoms with E-state index in [2.05, 4.69) is 29.2 Å². The Labute approximate surface area is 151 Å². The predicted molar refractivity (Wildman–Crippen MR) is 100 cm³/mol. The van der Waals surface area contributed by atoms with Crippen LogP contribution in [0, 0.1) is 5.92 Å². The predicted octanol–water partition coefficient (Wildman–Crippen LogP) is 3.67. The number of aryl methyl sites for hydroxylation is 1. The van der Waals surface area contributed by atoms with Gasteiger partial charge >= 0.3 is 0 Å². The Kier molecular flexibility index (Phi) is 5.28. The van der Waals surface area contributed by atoms with Crippen LogP contribution >= 0.6 is 11.3 Å². The fraction of sp³-hybridized carbons (Fsp3) is 0.316. The molecule has 3 aromatic rings. The molecule has 0 unspecified atom stereocenters. The Bertz CT molecular complexity index is 851. The van der Waals surface area contributed by atoms with Crippen LogP contribution in [0.5, 0.6) is 0 Å². The largest absolute Gasteiger partial charge is 0.345 e. The molecule has 0 radical (unpaired) electrons. The number of rotatable bonds is 6. The third-order valence-electron chi connectivity index (χ3n) is 3.78. The van der Waals surface area contributed by atoms with Gasteiger partial charge in [0.2, 0.25) is 0 Å². The molecule has 0 aliphatic carbocycles. The molecule has 0 aliphatic heterocycles. The van der Waals surface area contributed by atoms with Gasteiger partial charge in [0, 0.05) is 18.0 Å². The normalized spacial score (nSPS) is 11.0. The van der Waals surface area contributed by atoms with Gasteiger partial charge < -0.3 is 5.32 Å². The van der Waals surface area contributed by atoms with Crippen molar-refractivity contribution in [2.75, 3.05) is 0 Å². The maximum Gasteiger partial charge on any atom is 0.269 e. The van der Waals surface area contributed by atoms with Crippen molar-refractivity contribution >= 4 is 17.2 Å². The molecule has 0 spiro atoms. The van der Waals surface area contributed by atoms with E-state index in [1.165, 1.54) is 0 Å². The van der Waals surface area contributed by atoms with Crippen LogP contribution in [-0.2, 0) is 20.0 Å². The maximum absolute atomic E-state index is 12.4. The van der Waals surface area contributed by atoms with Crippen LogP contribution in [0.1, 0.15) is 35.7 Å². The first-order chi connectivity index (χ1) is 12.0. The van der Waals surface area contributed by atoms with E-state index in [0.717, 1.165) is 28.4 Å². The van der Waals surface area contributed by atoms with Gasteiger partial charge in [0.25, 0.3) is 5.91 Å². The van der Waals surface area contributed by atoms with Gasteiger partial charge in [-0.05, 0) is 18.4 Å².